The largest absolute Gasteiger partial charge is 0.347 e. The quantitative estimate of drug-likeness (QED) is 0.641. The zero-order valence-corrected chi connectivity index (χ0v) is 11.7. The molecule has 3 nitrogen and oxygen atoms in total. The van der Waals surface area contributed by atoms with E-state index in [2.05, 4.69) is 0 Å². The van der Waals surface area contributed by atoms with Crippen LogP contribution >= 0.6 is 23.2 Å². The van der Waals surface area contributed by atoms with E-state index in [0.717, 1.165) is 0 Å². The maximum Gasteiger partial charge on any atom is 0.194 e. The molecule has 0 atom stereocenters. The van der Waals surface area contributed by atoms with Crippen molar-refractivity contribution >= 4 is 34.8 Å². The molecule has 0 aliphatic heterocycles. The smallest absolute Gasteiger partial charge is 0.194 e. The van der Waals surface area contributed by atoms with Crippen molar-refractivity contribution in [2.24, 2.45) is 7.05 Å². The van der Waals surface area contributed by atoms with Crippen molar-refractivity contribution in [1.29, 1.82) is 0 Å². The lowest BCUT2D eigenvalue weighted by Crippen LogP contribution is -2.05. The van der Waals surface area contributed by atoms with Crippen molar-refractivity contribution in [3.63, 3.8) is 0 Å². The van der Waals surface area contributed by atoms with Crippen molar-refractivity contribution in [3.8, 4) is 0 Å². The monoisotopic (exact) mass is 295 g/mol. The lowest BCUT2D eigenvalue weighted by atomic mass is 10.1. The molecule has 0 unspecified atom stereocenters. The fourth-order valence-electron chi connectivity index (χ4n) is 1.80. The van der Waals surface area contributed by atoms with Gasteiger partial charge < -0.3 is 4.57 Å². The van der Waals surface area contributed by atoms with Crippen LogP contribution in [-0.2, 0) is 7.05 Å². The minimum atomic E-state index is -0.209. The summed E-state index contributed by atoms with van der Waals surface area (Å²) in [7, 11) is 1.71. The molecular formula is C14H11Cl2NO2. The van der Waals surface area contributed by atoms with Crippen molar-refractivity contribution in [3.05, 3.63) is 58.4 Å². The molecule has 1 aromatic carbocycles. The topological polar surface area (TPSA) is 39.1 Å². The molecule has 0 saturated carbocycles. The van der Waals surface area contributed by atoms with Crippen LogP contribution < -0.4 is 0 Å². The standard InChI is InChI=1S/C14H11Cl2NO2/c1-17-8-10(6-12(17)13(18)7-15)14(19)9-2-4-11(16)5-3-9/h2-6,8H,7H2,1H3. The van der Waals surface area contributed by atoms with E-state index in [-0.39, 0.29) is 17.4 Å². The van der Waals surface area contributed by atoms with Gasteiger partial charge in [0, 0.05) is 29.4 Å². The number of halogens is 2. The summed E-state index contributed by atoms with van der Waals surface area (Å²) in [6.07, 6.45) is 1.62. The van der Waals surface area contributed by atoms with Gasteiger partial charge in [-0.15, -0.1) is 11.6 Å². The van der Waals surface area contributed by atoms with E-state index in [1.165, 1.54) is 0 Å². The van der Waals surface area contributed by atoms with Gasteiger partial charge in [-0.3, -0.25) is 9.59 Å². The molecule has 0 saturated heterocycles. The summed E-state index contributed by atoms with van der Waals surface area (Å²) in [4.78, 5) is 23.8. The number of aromatic nitrogens is 1. The fraction of sp³-hybridized carbons (Fsp3) is 0.143. The normalized spacial score (nSPS) is 10.5. The number of alkyl halides is 1. The number of Topliss-reactive ketones (excluding diaryl/α,β-unsaturated/α-hetero) is 1. The van der Waals surface area contributed by atoms with Crippen LogP contribution in [0.15, 0.2) is 36.5 Å². The van der Waals surface area contributed by atoms with Crippen molar-refractivity contribution in [2.45, 2.75) is 0 Å². The van der Waals surface area contributed by atoms with Gasteiger partial charge in [0.25, 0.3) is 0 Å². The van der Waals surface area contributed by atoms with Gasteiger partial charge in [0.1, 0.15) is 0 Å². The summed E-state index contributed by atoms with van der Waals surface area (Å²) in [6, 6.07) is 8.17. The van der Waals surface area contributed by atoms with Crippen LogP contribution in [-0.4, -0.2) is 22.0 Å². The second-order valence-corrected chi connectivity index (χ2v) is 4.82. The highest BCUT2D eigenvalue weighted by atomic mass is 35.5. The molecule has 2 aromatic rings. The maximum atomic E-state index is 12.2. The average Bonchev–Trinajstić information content (AvgIpc) is 2.80. The predicted octanol–water partition coefficient (Wildman–Crippen LogP) is 3.33. The molecule has 0 radical (unpaired) electrons. The van der Waals surface area contributed by atoms with E-state index in [1.807, 2.05) is 0 Å². The van der Waals surface area contributed by atoms with Gasteiger partial charge >= 0.3 is 0 Å². The van der Waals surface area contributed by atoms with Gasteiger partial charge in [-0.1, -0.05) is 11.6 Å². The number of rotatable bonds is 4. The zero-order valence-electron chi connectivity index (χ0n) is 10.2. The summed E-state index contributed by atoms with van der Waals surface area (Å²) in [5, 5.41) is 0.572. The first-order valence-electron chi connectivity index (χ1n) is 5.58. The number of carbonyl (C=O) groups excluding carboxylic acids is 2. The third-order valence-corrected chi connectivity index (χ3v) is 3.28. The highest BCUT2D eigenvalue weighted by Gasteiger charge is 2.16. The maximum absolute atomic E-state index is 12.2. The lowest BCUT2D eigenvalue weighted by Gasteiger charge is -1.98. The van der Waals surface area contributed by atoms with E-state index >= 15 is 0 Å². The number of hydrogen-bond donors (Lipinski definition) is 0. The molecule has 0 fully saturated rings. The van der Waals surface area contributed by atoms with Crippen molar-refractivity contribution in [2.75, 3.05) is 5.88 Å². The second kappa shape index (κ2) is 5.59. The average molecular weight is 296 g/mol. The van der Waals surface area contributed by atoms with Crippen molar-refractivity contribution < 1.29 is 9.59 Å². The SMILES string of the molecule is Cn1cc(C(=O)c2ccc(Cl)cc2)cc1C(=O)CCl. The minimum Gasteiger partial charge on any atom is -0.347 e. The van der Waals surface area contributed by atoms with Gasteiger partial charge in [0.2, 0.25) is 0 Å². The molecule has 0 aliphatic carbocycles. The summed E-state index contributed by atoms with van der Waals surface area (Å²) >= 11 is 11.3. The van der Waals surface area contributed by atoms with Gasteiger partial charge in [-0.2, -0.15) is 0 Å². The van der Waals surface area contributed by atoms with E-state index < -0.39 is 0 Å². The Morgan fingerprint density at radius 3 is 2.37 bits per heavy atom. The predicted molar refractivity (Wildman–Crippen MR) is 75.3 cm³/mol. The van der Waals surface area contributed by atoms with Crippen LogP contribution in [0.2, 0.25) is 5.02 Å². The van der Waals surface area contributed by atoms with E-state index in [9.17, 15) is 9.59 Å². The third kappa shape index (κ3) is 2.88. The molecule has 0 amide bonds. The first kappa shape index (κ1) is 13.8. The molecule has 0 aliphatic rings. The number of ketones is 2. The Labute approximate surface area is 120 Å². The molecule has 5 heteroatoms. The number of hydrogen-bond acceptors (Lipinski definition) is 2. The number of benzene rings is 1. The molecule has 0 spiro atoms. The highest BCUT2D eigenvalue weighted by Crippen LogP contribution is 2.16. The van der Waals surface area contributed by atoms with Gasteiger partial charge in [0.15, 0.2) is 11.6 Å². The van der Waals surface area contributed by atoms with E-state index in [0.29, 0.717) is 21.8 Å². The molecule has 2 rings (SSSR count). The molecule has 1 heterocycles. The molecule has 98 valence electrons. The van der Waals surface area contributed by atoms with E-state index in [1.54, 1.807) is 48.1 Å². The Bertz CT molecular complexity index is 629. The minimum absolute atomic E-state index is 0.105. The van der Waals surface area contributed by atoms with Gasteiger partial charge in [0.05, 0.1) is 11.6 Å². The Hall–Kier alpha value is -1.58. The van der Waals surface area contributed by atoms with E-state index in [4.69, 9.17) is 23.2 Å². The second-order valence-electron chi connectivity index (χ2n) is 4.12. The van der Waals surface area contributed by atoms with Crippen molar-refractivity contribution in [1.82, 2.24) is 4.57 Å². The molecule has 0 N–H and O–H groups in total. The Balaban J connectivity index is 2.34. The fourth-order valence-corrected chi connectivity index (χ4v) is 2.07. The Morgan fingerprint density at radius 1 is 1.16 bits per heavy atom. The third-order valence-electron chi connectivity index (χ3n) is 2.78. The number of carbonyl (C=O) groups is 2. The molecule has 1 aromatic heterocycles. The number of aryl methyl sites for hydroxylation is 1. The summed E-state index contributed by atoms with van der Waals surface area (Å²) in [6.45, 7) is 0. The lowest BCUT2D eigenvalue weighted by molar-refractivity contribution is 0.101. The van der Waals surface area contributed by atoms with Crippen LogP contribution in [0.3, 0.4) is 0 Å². The Kier molecular flexibility index (Phi) is 4.08. The van der Waals surface area contributed by atoms with Crippen LogP contribution in [0.1, 0.15) is 26.4 Å². The molecular weight excluding hydrogens is 285 g/mol. The van der Waals surface area contributed by atoms with Crippen LogP contribution in [0.25, 0.3) is 0 Å². The highest BCUT2D eigenvalue weighted by molar-refractivity contribution is 6.31. The molecule has 0 bridgehead atoms. The van der Waals surface area contributed by atoms with Gasteiger partial charge in [-0.25, -0.2) is 0 Å². The summed E-state index contributed by atoms with van der Waals surface area (Å²) < 4.78 is 1.61. The Morgan fingerprint density at radius 2 is 1.79 bits per heavy atom. The number of nitrogens with zero attached hydrogens (tertiary/aromatic N) is 1. The summed E-state index contributed by atoms with van der Waals surface area (Å²) in [5.74, 6) is -0.466. The molecule has 19 heavy (non-hydrogen) atoms. The summed E-state index contributed by atoms with van der Waals surface area (Å²) in [5.41, 5.74) is 1.41. The van der Waals surface area contributed by atoms with Crippen LogP contribution in [0, 0.1) is 0 Å². The van der Waals surface area contributed by atoms with Crippen LogP contribution in [0.4, 0.5) is 0 Å². The first-order valence-corrected chi connectivity index (χ1v) is 6.50. The zero-order chi connectivity index (χ0) is 14.0. The van der Waals surface area contributed by atoms with Crippen LogP contribution in [0.5, 0.6) is 0 Å². The first-order chi connectivity index (χ1) is 9.02. The van der Waals surface area contributed by atoms with Gasteiger partial charge in [-0.05, 0) is 30.3 Å².